The van der Waals surface area contributed by atoms with Crippen LogP contribution in [0.5, 0.6) is 0 Å². The molecule has 6 heteroatoms. The molecule has 0 aromatic heterocycles. The van der Waals surface area contributed by atoms with Gasteiger partial charge in [-0.15, -0.1) is 0 Å². The van der Waals surface area contributed by atoms with Crippen molar-refractivity contribution in [3.8, 4) is 0 Å². The summed E-state index contributed by atoms with van der Waals surface area (Å²) >= 11 is 0. The maximum atomic E-state index is 13.7. The molecule has 0 unspecified atom stereocenters. The molecule has 3 fully saturated rings. The van der Waals surface area contributed by atoms with E-state index in [1.165, 1.54) is 6.92 Å². The Bertz CT molecular complexity index is 1080. The number of hydrogen-bond donors (Lipinski definition) is 0. The Morgan fingerprint density at radius 2 is 1.71 bits per heavy atom. The first-order chi connectivity index (χ1) is 17.7. The fraction of sp³-hybridized carbons (Fsp3) is 0.688. The average Bonchev–Trinajstić information content (AvgIpc) is 2.91. The fourth-order valence-corrected chi connectivity index (χ4v) is 7.55. The number of rotatable bonds is 4. The van der Waals surface area contributed by atoms with E-state index in [0.717, 1.165) is 24.0 Å². The lowest BCUT2D eigenvalue weighted by molar-refractivity contribution is -0.164. The second-order valence-electron chi connectivity index (χ2n) is 13.3. The van der Waals surface area contributed by atoms with Crippen LogP contribution in [-0.4, -0.2) is 36.2 Å². The standard InChI is InChI=1S/C32H44O6/c1-18-11-12-29(20(3)28(35)14-26-23(18)16-32(26,7)17-37-21(4)33)38-30(36)22-10-8-9-19(2)27(34)13-25-24(22)15-31(25,5)6/h9,22-26,29H,1,3,8,10-17H2,2,4-7H3/b19-9+/t22-,23-,24-,25+,26+,29+,32-/m0/s1. The monoisotopic (exact) mass is 524 g/mol. The normalized spacial score (nSPS) is 38.6. The molecule has 4 rings (SSSR count). The predicted octanol–water partition coefficient (Wildman–Crippen LogP) is 5.95. The maximum absolute atomic E-state index is 13.7. The maximum Gasteiger partial charge on any atom is 0.309 e. The number of ether oxygens (including phenoxy) is 2. The molecule has 0 aromatic rings. The van der Waals surface area contributed by atoms with Crippen molar-refractivity contribution in [1.29, 1.82) is 0 Å². The van der Waals surface area contributed by atoms with Crippen molar-refractivity contribution < 1.29 is 28.7 Å². The third-order valence-electron chi connectivity index (χ3n) is 10.2. The summed E-state index contributed by atoms with van der Waals surface area (Å²) in [6.45, 7) is 18.4. The van der Waals surface area contributed by atoms with Gasteiger partial charge in [-0.2, -0.15) is 0 Å². The summed E-state index contributed by atoms with van der Waals surface area (Å²) < 4.78 is 11.4. The van der Waals surface area contributed by atoms with Gasteiger partial charge in [0.2, 0.25) is 0 Å². The average molecular weight is 525 g/mol. The molecular formula is C32H44O6. The predicted molar refractivity (Wildman–Crippen MR) is 145 cm³/mol. The summed E-state index contributed by atoms with van der Waals surface area (Å²) in [5.41, 5.74) is 1.91. The largest absolute Gasteiger partial charge is 0.465 e. The Morgan fingerprint density at radius 1 is 1.03 bits per heavy atom. The molecule has 0 amide bonds. The third kappa shape index (κ3) is 5.46. The molecule has 0 heterocycles. The van der Waals surface area contributed by atoms with E-state index in [-0.39, 0.29) is 77.0 Å². The van der Waals surface area contributed by atoms with E-state index < -0.39 is 6.10 Å². The molecule has 0 aliphatic heterocycles. The Morgan fingerprint density at radius 3 is 2.37 bits per heavy atom. The SMILES string of the molecule is C=C1C(=O)C[C@@H]2[C@@H](C[C@@]2(C)COC(C)=O)C(=C)CC[C@H]1OC(=O)[C@H]1CC/C=C(\C)C(=O)C[C@@H]2[C@H]1CC2(C)C. The molecule has 0 aromatic carbocycles. The van der Waals surface area contributed by atoms with Crippen LogP contribution in [0.2, 0.25) is 0 Å². The summed E-state index contributed by atoms with van der Waals surface area (Å²) in [6, 6.07) is 0. The zero-order valence-electron chi connectivity index (χ0n) is 23.8. The molecule has 6 nitrogen and oxygen atoms in total. The van der Waals surface area contributed by atoms with Crippen molar-refractivity contribution in [3.63, 3.8) is 0 Å². The molecule has 38 heavy (non-hydrogen) atoms. The quantitative estimate of drug-likeness (QED) is 0.257. The molecule has 4 aliphatic carbocycles. The van der Waals surface area contributed by atoms with Gasteiger partial charge >= 0.3 is 11.9 Å². The van der Waals surface area contributed by atoms with Crippen molar-refractivity contribution in [3.05, 3.63) is 36.0 Å². The Kier molecular flexibility index (Phi) is 7.94. The molecular weight excluding hydrogens is 480 g/mol. The van der Waals surface area contributed by atoms with Crippen LogP contribution >= 0.6 is 0 Å². The van der Waals surface area contributed by atoms with E-state index in [2.05, 4.69) is 33.9 Å². The number of fused-ring (bicyclic) bond motifs is 2. The van der Waals surface area contributed by atoms with Crippen LogP contribution in [0.1, 0.15) is 86.0 Å². The van der Waals surface area contributed by atoms with E-state index in [4.69, 9.17) is 9.47 Å². The van der Waals surface area contributed by atoms with Crippen LogP contribution in [0.3, 0.4) is 0 Å². The highest BCUT2D eigenvalue weighted by Gasteiger charge is 2.55. The number of ketones is 2. The first-order valence-electron chi connectivity index (χ1n) is 14.2. The van der Waals surface area contributed by atoms with E-state index in [1.807, 2.05) is 13.0 Å². The highest BCUT2D eigenvalue weighted by molar-refractivity contribution is 5.96. The van der Waals surface area contributed by atoms with Gasteiger partial charge in [-0.25, -0.2) is 0 Å². The second-order valence-corrected chi connectivity index (χ2v) is 13.3. The Hall–Kier alpha value is -2.50. The van der Waals surface area contributed by atoms with Crippen molar-refractivity contribution in [1.82, 2.24) is 0 Å². The van der Waals surface area contributed by atoms with Crippen LogP contribution in [-0.2, 0) is 28.7 Å². The molecule has 208 valence electrons. The lowest BCUT2D eigenvalue weighted by atomic mass is 9.50. The number of carbonyl (C=O) groups excluding carboxylic acids is 4. The molecule has 0 radical (unpaired) electrons. The number of carbonyl (C=O) groups is 4. The smallest absolute Gasteiger partial charge is 0.309 e. The van der Waals surface area contributed by atoms with Gasteiger partial charge in [0.05, 0.1) is 12.5 Å². The summed E-state index contributed by atoms with van der Waals surface area (Å²) in [6.07, 6.45) is 6.16. The first-order valence-corrected chi connectivity index (χ1v) is 14.2. The second kappa shape index (κ2) is 10.6. The van der Waals surface area contributed by atoms with Crippen LogP contribution in [0.4, 0.5) is 0 Å². The van der Waals surface area contributed by atoms with Crippen molar-refractivity contribution in [2.24, 2.45) is 40.4 Å². The summed E-state index contributed by atoms with van der Waals surface area (Å²) in [5.74, 6) is -0.370. The van der Waals surface area contributed by atoms with Crippen LogP contribution in [0.25, 0.3) is 0 Å². The van der Waals surface area contributed by atoms with Crippen molar-refractivity contribution >= 4 is 23.5 Å². The minimum Gasteiger partial charge on any atom is -0.465 e. The molecule has 3 saturated carbocycles. The first kappa shape index (κ1) is 28.5. The molecule has 4 aliphatic rings. The molecule has 0 saturated heterocycles. The van der Waals surface area contributed by atoms with Gasteiger partial charge in [-0.1, -0.05) is 45.6 Å². The zero-order valence-corrected chi connectivity index (χ0v) is 23.8. The van der Waals surface area contributed by atoms with Crippen LogP contribution in [0.15, 0.2) is 36.0 Å². The van der Waals surface area contributed by atoms with Gasteiger partial charge in [0.25, 0.3) is 0 Å². The van der Waals surface area contributed by atoms with Crippen LogP contribution < -0.4 is 0 Å². The highest BCUT2D eigenvalue weighted by atomic mass is 16.5. The molecule has 7 atom stereocenters. The fourth-order valence-electron chi connectivity index (χ4n) is 7.55. The number of allylic oxidation sites excluding steroid dienone is 3. The topological polar surface area (TPSA) is 86.7 Å². The summed E-state index contributed by atoms with van der Waals surface area (Å²) in [4.78, 5) is 51.2. The minimum atomic E-state index is -0.679. The van der Waals surface area contributed by atoms with Gasteiger partial charge in [0.15, 0.2) is 11.6 Å². The van der Waals surface area contributed by atoms with Gasteiger partial charge in [-0.3, -0.25) is 19.2 Å². The number of hydrogen-bond acceptors (Lipinski definition) is 6. The minimum absolute atomic E-state index is 0.0109. The van der Waals surface area contributed by atoms with Gasteiger partial charge in [-0.05, 0) is 80.1 Å². The summed E-state index contributed by atoms with van der Waals surface area (Å²) in [7, 11) is 0. The lowest BCUT2D eigenvalue weighted by Gasteiger charge is -2.54. The van der Waals surface area contributed by atoms with Crippen LogP contribution in [0, 0.1) is 40.4 Å². The van der Waals surface area contributed by atoms with E-state index in [9.17, 15) is 19.2 Å². The van der Waals surface area contributed by atoms with E-state index in [1.54, 1.807) is 0 Å². The zero-order chi connectivity index (χ0) is 28.0. The van der Waals surface area contributed by atoms with Gasteiger partial charge in [0, 0.05) is 30.8 Å². The van der Waals surface area contributed by atoms with E-state index >= 15 is 0 Å². The molecule has 0 bridgehead atoms. The number of Topliss-reactive ketones (excluding diaryl/α,β-unsaturated/α-hetero) is 2. The number of esters is 2. The van der Waals surface area contributed by atoms with Gasteiger partial charge in [0.1, 0.15) is 6.10 Å². The van der Waals surface area contributed by atoms with Crippen molar-refractivity contribution in [2.45, 2.75) is 92.1 Å². The Labute approximate surface area is 227 Å². The van der Waals surface area contributed by atoms with E-state index in [0.29, 0.717) is 37.7 Å². The molecule has 0 spiro atoms. The van der Waals surface area contributed by atoms with Crippen molar-refractivity contribution in [2.75, 3.05) is 6.61 Å². The third-order valence-corrected chi connectivity index (χ3v) is 10.2. The summed E-state index contributed by atoms with van der Waals surface area (Å²) in [5, 5.41) is 0. The highest BCUT2D eigenvalue weighted by Crippen LogP contribution is 2.58. The molecule has 0 N–H and O–H groups in total. The van der Waals surface area contributed by atoms with Gasteiger partial charge < -0.3 is 9.47 Å². The lowest BCUT2D eigenvalue weighted by Crippen LogP contribution is -2.50. The Balaban J connectivity index is 1.48.